The van der Waals surface area contributed by atoms with Crippen LogP contribution in [0, 0.1) is 0 Å². The largest absolute Gasteiger partial charge is 0.495 e. The number of hydrogen-bond donors (Lipinski definition) is 3. The third-order valence-corrected chi connectivity index (χ3v) is 3.40. The Morgan fingerprint density at radius 2 is 2.08 bits per heavy atom. The highest BCUT2D eigenvalue weighted by Crippen LogP contribution is 2.27. The van der Waals surface area contributed by atoms with Crippen LogP contribution >= 0.6 is 11.6 Å². The van der Waals surface area contributed by atoms with E-state index in [2.05, 4.69) is 10.6 Å². The molecule has 128 valence electrons. The molecule has 8 heteroatoms. The second-order valence-electron chi connectivity index (χ2n) is 4.87. The lowest BCUT2D eigenvalue weighted by Crippen LogP contribution is -2.24. The van der Waals surface area contributed by atoms with Gasteiger partial charge in [0.1, 0.15) is 11.5 Å². The summed E-state index contributed by atoms with van der Waals surface area (Å²) in [6.07, 6.45) is 0.224. The molecule has 0 saturated carbocycles. The van der Waals surface area contributed by atoms with Crippen molar-refractivity contribution in [2.45, 2.75) is 13.0 Å². The minimum absolute atomic E-state index is 0.132. The molecule has 3 N–H and O–H groups in total. The molecule has 0 bridgehead atoms. The number of methoxy groups -OCH3 is 1. The number of benzene rings is 1. The summed E-state index contributed by atoms with van der Waals surface area (Å²) < 4.78 is 10.3. The predicted octanol–water partition coefficient (Wildman–Crippen LogP) is 2.76. The number of furan rings is 1. The zero-order chi connectivity index (χ0) is 17.5. The molecule has 0 atom stereocenters. The van der Waals surface area contributed by atoms with Crippen LogP contribution in [0.15, 0.2) is 34.7 Å². The topological polar surface area (TPSA) is 101 Å². The molecule has 7 nitrogen and oxygen atoms in total. The van der Waals surface area contributed by atoms with Crippen LogP contribution in [0.25, 0.3) is 0 Å². The Bertz CT molecular complexity index is 729. The maximum absolute atomic E-state index is 11.8. The Morgan fingerprint density at radius 1 is 1.29 bits per heavy atom. The van der Waals surface area contributed by atoms with Crippen LogP contribution in [0.2, 0.25) is 5.02 Å². The number of ether oxygens (including phenoxy) is 1. The molecule has 1 aromatic carbocycles. The first-order valence-corrected chi connectivity index (χ1v) is 7.53. The standard InChI is InChI=1S/C16H17ClN2O5/c1-23-13-4-2-10(17)8-12(13)18-7-6-15(20)19-9-11-3-5-14(24-11)16(21)22/h2-5,8,18H,6-7,9H2,1H3,(H,19,20)(H,21,22). The second kappa shape index (κ2) is 8.26. The Morgan fingerprint density at radius 3 is 2.75 bits per heavy atom. The van der Waals surface area contributed by atoms with E-state index in [1.54, 1.807) is 25.3 Å². The fourth-order valence-electron chi connectivity index (χ4n) is 1.99. The van der Waals surface area contributed by atoms with E-state index in [4.69, 9.17) is 25.9 Å². The maximum atomic E-state index is 11.8. The third-order valence-electron chi connectivity index (χ3n) is 3.16. The maximum Gasteiger partial charge on any atom is 0.371 e. The highest BCUT2D eigenvalue weighted by Gasteiger charge is 2.10. The number of carboxylic acids is 1. The minimum atomic E-state index is -1.15. The first kappa shape index (κ1) is 17.7. The molecule has 0 aliphatic carbocycles. The van der Waals surface area contributed by atoms with Crippen molar-refractivity contribution >= 4 is 29.2 Å². The molecule has 1 heterocycles. The molecule has 0 aliphatic rings. The number of carboxylic acid groups (broad SMARTS) is 1. The van der Waals surface area contributed by atoms with Crippen LogP contribution in [0.3, 0.4) is 0 Å². The first-order valence-electron chi connectivity index (χ1n) is 7.15. The van der Waals surface area contributed by atoms with E-state index < -0.39 is 5.97 Å². The van der Waals surface area contributed by atoms with Crippen molar-refractivity contribution < 1.29 is 23.8 Å². The smallest absolute Gasteiger partial charge is 0.371 e. The molecular formula is C16H17ClN2O5. The van der Waals surface area contributed by atoms with Crippen LogP contribution in [-0.4, -0.2) is 30.6 Å². The normalized spacial score (nSPS) is 10.2. The third kappa shape index (κ3) is 4.92. The first-order chi connectivity index (χ1) is 11.5. The summed E-state index contributed by atoms with van der Waals surface area (Å²) >= 11 is 5.93. The molecule has 0 aliphatic heterocycles. The lowest BCUT2D eigenvalue weighted by atomic mass is 10.2. The number of hydrogen-bond acceptors (Lipinski definition) is 5. The van der Waals surface area contributed by atoms with Crippen molar-refractivity contribution in [2.24, 2.45) is 0 Å². The van der Waals surface area contributed by atoms with Crippen molar-refractivity contribution in [3.8, 4) is 5.75 Å². The average Bonchev–Trinajstić information content (AvgIpc) is 3.02. The number of rotatable bonds is 8. The zero-order valence-electron chi connectivity index (χ0n) is 13.0. The SMILES string of the molecule is COc1ccc(Cl)cc1NCCC(=O)NCc1ccc(C(=O)O)o1. The van der Waals surface area contributed by atoms with Gasteiger partial charge in [-0.2, -0.15) is 0 Å². The van der Waals surface area contributed by atoms with Crippen LogP contribution < -0.4 is 15.4 Å². The average molecular weight is 353 g/mol. The summed E-state index contributed by atoms with van der Waals surface area (Å²) in [5, 5.41) is 15.1. The van der Waals surface area contributed by atoms with E-state index in [1.165, 1.54) is 12.1 Å². The number of amides is 1. The van der Waals surface area contributed by atoms with Gasteiger partial charge in [0, 0.05) is 18.0 Å². The van der Waals surface area contributed by atoms with Crippen LogP contribution in [0.1, 0.15) is 22.7 Å². The van der Waals surface area contributed by atoms with Gasteiger partial charge >= 0.3 is 5.97 Å². The van der Waals surface area contributed by atoms with Crippen molar-refractivity contribution in [1.82, 2.24) is 5.32 Å². The quantitative estimate of drug-likeness (QED) is 0.675. The van der Waals surface area contributed by atoms with Gasteiger partial charge in [0.25, 0.3) is 0 Å². The van der Waals surface area contributed by atoms with Crippen LogP contribution in [0.5, 0.6) is 5.75 Å². The van der Waals surface area contributed by atoms with Crippen molar-refractivity contribution in [2.75, 3.05) is 19.0 Å². The van der Waals surface area contributed by atoms with Gasteiger partial charge in [0.05, 0.1) is 19.3 Å². The van der Waals surface area contributed by atoms with E-state index in [9.17, 15) is 9.59 Å². The number of carbonyl (C=O) groups is 2. The molecule has 0 spiro atoms. The van der Waals surface area contributed by atoms with E-state index in [0.717, 1.165) is 0 Å². The fourth-order valence-corrected chi connectivity index (χ4v) is 2.16. The summed E-state index contributed by atoms with van der Waals surface area (Å²) in [5.41, 5.74) is 0.704. The molecule has 0 radical (unpaired) electrons. The lowest BCUT2D eigenvalue weighted by Gasteiger charge is -2.11. The van der Waals surface area contributed by atoms with Gasteiger partial charge in [-0.05, 0) is 30.3 Å². The van der Waals surface area contributed by atoms with Crippen LogP contribution in [0.4, 0.5) is 5.69 Å². The van der Waals surface area contributed by atoms with E-state index >= 15 is 0 Å². The summed E-state index contributed by atoms with van der Waals surface area (Å²) in [6.45, 7) is 0.521. The summed E-state index contributed by atoms with van der Waals surface area (Å²) in [5.74, 6) is -0.486. The summed E-state index contributed by atoms with van der Waals surface area (Å²) in [7, 11) is 1.55. The molecule has 1 amide bonds. The molecule has 0 unspecified atom stereocenters. The highest BCUT2D eigenvalue weighted by molar-refractivity contribution is 6.30. The van der Waals surface area contributed by atoms with Gasteiger partial charge in [-0.3, -0.25) is 4.79 Å². The molecule has 24 heavy (non-hydrogen) atoms. The number of carbonyl (C=O) groups excluding carboxylic acids is 1. The van der Waals surface area contributed by atoms with Crippen molar-refractivity contribution in [1.29, 1.82) is 0 Å². The molecule has 2 aromatic rings. The molecule has 0 saturated heterocycles. The van der Waals surface area contributed by atoms with Gasteiger partial charge in [-0.1, -0.05) is 11.6 Å². The summed E-state index contributed by atoms with van der Waals surface area (Å²) in [6, 6.07) is 8.03. The van der Waals surface area contributed by atoms with E-state index in [0.29, 0.717) is 28.8 Å². The highest BCUT2D eigenvalue weighted by atomic mass is 35.5. The van der Waals surface area contributed by atoms with Crippen LogP contribution in [-0.2, 0) is 11.3 Å². The predicted molar refractivity (Wildman–Crippen MR) is 88.6 cm³/mol. The summed E-state index contributed by atoms with van der Waals surface area (Å²) in [4.78, 5) is 22.5. The molecule has 0 fully saturated rings. The van der Waals surface area contributed by atoms with Gasteiger partial charge in [0.15, 0.2) is 0 Å². The van der Waals surface area contributed by atoms with Crippen molar-refractivity contribution in [3.63, 3.8) is 0 Å². The van der Waals surface area contributed by atoms with Gasteiger partial charge in [-0.15, -0.1) is 0 Å². The second-order valence-corrected chi connectivity index (χ2v) is 5.31. The molecule has 2 rings (SSSR count). The Hall–Kier alpha value is -2.67. The number of nitrogens with one attached hydrogen (secondary N) is 2. The van der Waals surface area contributed by atoms with Crippen molar-refractivity contribution in [3.05, 3.63) is 46.9 Å². The fraction of sp³-hybridized carbons (Fsp3) is 0.250. The lowest BCUT2D eigenvalue weighted by molar-refractivity contribution is -0.121. The van der Waals surface area contributed by atoms with Gasteiger partial charge in [-0.25, -0.2) is 4.79 Å². The number of halogens is 1. The van der Waals surface area contributed by atoms with E-state index in [1.807, 2.05) is 0 Å². The zero-order valence-corrected chi connectivity index (χ0v) is 13.7. The van der Waals surface area contributed by atoms with Gasteiger partial charge < -0.3 is 24.9 Å². The monoisotopic (exact) mass is 352 g/mol. The van der Waals surface area contributed by atoms with Gasteiger partial charge in [0.2, 0.25) is 11.7 Å². The molecular weight excluding hydrogens is 336 g/mol. The Labute approximate surface area is 143 Å². The molecule has 1 aromatic heterocycles. The number of aromatic carboxylic acids is 1. The Balaban J connectivity index is 1.77. The minimum Gasteiger partial charge on any atom is -0.495 e. The van der Waals surface area contributed by atoms with E-state index in [-0.39, 0.29) is 24.6 Å². The number of anilines is 1. The Kier molecular flexibility index (Phi) is 6.08.